The second-order valence-corrected chi connectivity index (χ2v) is 6.39. The lowest BCUT2D eigenvalue weighted by Gasteiger charge is -2.14. The van der Waals surface area contributed by atoms with E-state index in [1.807, 2.05) is 37.3 Å². The largest absolute Gasteiger partial charge is 0.496 e. The van der Waals surface area contributed by atoms with Gasteiger partial charge in [0.2, 0.25) is 0 Å². The topological polar surface area (TPSA) is 78.4 Å². The number of benzene rings is 2. The van der Waals surface area contributed by atoms with Gasteiger partial charge in [-0.2, -0.15) is 5.10 Å². The zero-order valence-electron chi connectivity index (χ0n) is 16.0. The predicted octanol–water partition coefficient (Wildman–Crippen LogP) is 3.53. The van der Waals surface area contributed by atoms with E-state index in [0.717, 1.165) is 16.9 Å². The number of hydrazone groups is 1. The summed E-state index contributed by atoms with van der Waals surface area (Å²) in [6, 6.07) is 11.3. The van der Waals surface area contributed by atoms with Gasteiger partial charge in [0, 0.05) is 5.56 Å². The second kappa shape index (κ2) is 11.2. The molecule has 0 unspecified atom stereocenters. The Morgan fingerprint density at radius 3 is 2.68 bits per heavy atom. The van der Waals surface area contributed by atoms with E-state index in [1.165, 1.54) is 7.11 Å². The first-order valence-corrected chi connectivity index (χ1v) is 9.42. The highest BCUT2D eigenvalue weighted by atomic mass is 79.9. The molecule has 0 atom stereocenters. The van der Waals surface area contributed by atoms with Crippen molar-refractivity contribution < 1.29 is 23.7 Å². The third-order valence-electron chi connectivity index (χ3n) is 3.66. The maximum Gasteiger partial charge on any atom is 0.343 e. The van der Waals surface area contributed by atoms with E-state index in [-0.39, 0.29) is 6.61 Å². The second-order valence-electron chi connectivity index (χ2n) is 5.53. The number of para-hydroxylation sites is 1. The first-order chi connectivity index (χ1) is 13.6. The number of methoxy groups -OCH3 is 2. The first kappa shape index (κ1) is 21.6. The Kier molecular flexibility index (Phi) is 8.61. The van der Waals surface area contributed by atoms with Crippen LogP contribution in [0, 0.1) is 0 Å². The molecular weight excluding hydrogens is 428 g/mol. The van der Waals surface area contributed by atoms with E-state index >= 15 is 0 Å². The molecule has 2 rings (SSSR count). The summed E-state index contributed by atoms with van der Waals surface area (Å²) in [5.41, 5.74) is 4.80. The maximum absolute atomic E-state index is 11.3. The highest BCUT2D eigenvalue weighted by molar-refractivity contribution is 9.10. The van der Waals surface area contributed by atoms with Crippen molar-refractivity contribution in [1.29, 1.82) is 0 Å². The van der Waals surface area contributed by atoms with E-state index in [4.69, 9.17) is 14.2 Å². The average Bonchev–Trinajstić information content (AvgIpc) is 2.70. The SMILES string of the molecule is CCOc1cc(/C=N/NCc2ccccc2OC)cc(Br)c1OCC(=O)OC. The van der Waals surface area contributed by atoms with Gasteiger partial charge in [-0.25, -0.2) is 4.79 Å². The van der Waals surface area contributed by atoms with Crippen LogP contribution in [0.5, 0.6) is 17.2 Å². The summed E-state index contributed by atoms with van der Waals surface area (Å²) in [7, 11) is 2.94. The van der Waals surface area contributed by atoms with Gasteiger partial charge in [0.15, 0.2) is 18.1 Å². The molecule has 0 fully saturated rings. The number of nitrogens with one attached hydrogen (secondary N) is 1. The van der Waals surface area contributed by atoms with Crippen LogP contribution in [-0.2, 0) is 16.1 Å². The maximum atomic E-state index is 11.3. The standard InChI is InChI=1S/C20H23BrN2O5/c1-4-27-18-10-14(9-16(21)20(18)28-13-19(24)26-3)11-22-23-12-15-7-5-6-8-17(15)25-2/h5-11,23H,4,12-13H2,1-3H3/b22-11+. The molecule has 2 aromatic carbocycles. The molecule has 0 aliphatic rings. The van der Waals surface area contributed by atoms with Gasteiger partial charge in [-0.3, -0.25) is 0 Å². The summed E-state index contributed by atoms with van der Waals surface area (Å²) in [5.74, 6) is 1.28. The fraction of sp³-hybridized carbons (Fsp3) is 0.300. The summed E-state index contributed by atoms with van der Waals surface area (Å²) in [6.07, 6.45) is 1.67. The molecule has 8 heteroatoms. The Labute approximate surface area is 172 Å². The van der Waals surface area contributed by atoms with Crippen LogP contribution >= 0.6 is 15.9 Å². The summed E-state index contributed by atoms with van der Waals surface area (Å²) in [4.78, 5) is 11.3. The number of hydrogen-bond acceptors (Lipinski definition) is 7. The van der Waals surface area contributed by atoms with Crippen molar-refractivity contribution in [3.05, 3.63) is 52.0 Å². The minimum atomic E-state index is -0.472. The zero-order valence-corrected chi connectivity index (χ0v) is 17.6. The Morgan fingerprint density at radius 1 is 1.18 bits per heavy atom. The molecule has 0 radical (unpaired) electrons. The van der Waals surface area contributed by atoms with Crippen molar-refractivity contribution in [2.45, 2.75) is 13.5 Å². The highest BCUT2D eigenvalue weighted by Gasteiger charge is 2.13. The number of hydrogen-bond donors (Lipinski definition) is 1. The van der Waals surface area contributed by atoms with Gasteiger partial charge >= 0.3 is 5.97 Å². The molecule has 0 aliphatic heterocycles. The number of carbonyl (C=O) groups is 1. The van der Waals surface area contributed by atoms with E-state index in [0.29, 0.717) is 29.1 Å². The monoisotopic (exact) mass is 450 g/mol. The molecule has 0 heterocycles. The van der Waals surface area contributed by atoms with Crippen LogP contribution in [-0.4, -0.2) is 39.6 Å². The number of esters is 1. The van der Waals surface area contributed by atoms with Gasteiger partial charge in [-0.15, -0.1) is 0 Å². The van der Waals surface area contributed by atoms with Crippen molar-refractivity contribution in [2.24, 2.45) is 5.10 Å². The van der Waals surface area contributed by atoms with Crippen molar-refractivity contribution >= 4 is 28.1 Å². The van der Waals surface area contributed by atoms with Crippen molar-refractivity contribution in [3.8, 4) is 17.2 Å². The average molecular weight is 451 g/mol. The lowest BCUT2D eigenvalue weighted by molar-refractivity contribution is -0.142. The Hall–Kier alpha value is -2.74. The van der Waals surface area contributed by atoms with Crippen LogP contribution in [0.2, 0.25) is 0 Å². The van der Waals surface area contributed by atoms with Crippen LogP contribution in [0.1, 0.15) is 18.1 Å². The van der Waals surface area contributed by atoms with Gasteiger partial charge in [-0.1, -0.05) is 18.2 Å². The van der Waals surface area contributed by atoms with Crippen LogP contribution < -0.4 is 19.6 Å². The highest BCUT2D eigenvalue weighted by Crippen LogP contribution is 2.36. The first-order valence-electron chi connectivity index (χ1n) is 8.62. The minimum Gasteiger partial charge on any atom is -0.496 e. The molecule has 0 bridgehead atoms. The Morgan fingerprint density at radius 2 is 1.96 bits per heavy atom. The summed E-state index contributed by atoms with van der Waals surface area (Å²) in [5, 5.41) is 4.25. The molecule has 0 saturated heterocycles. The van der Waals surface area contributed by atoms with E-state index in [1.54, 1.807) is 19.4 Å². The molecule has 0 aliphatic carbocycles. The number of rotatable bonds is 10. The molecule has 0 aromatic heterocycles. The molecule has 7 nitrogen and oxygen atoms in total. The lowest BCUT2D eigenvalue weighted by atomic mass is 10.2. The zero-order chi connectivity index (χ0) is 20.4. The number of halogens is 1. The third kappa shape index (κ3) is 6.16. The summed E-state index contributed by atoms with van der Waals surface area (Å²) < 4.78 is 21.7. The smallest absolute Gasteiger partial charge is 0.343 e. The Bertz CT molecular complexity index is 826. The van der Waals surface area contributed by atoms with E-state index in [2.05, 4.69) is 31.2 Å². The predicted molar refractivity (Wildman–Crippen MR) is 110 cm³/mol. The van der Waals surface area contributed by atoms with Crippen LogP contribution in [0.4, 0.5) is 0 Å². The van der Waals surface area contributed by atoms with E-state index < -0.39 is 5.97 Å². The molecule has 150 valence electrons. The molecular formula is C20H23BrN2O5. The van der Waals surface area contributed by atoms with Crippen molar-refractivity contribution in [2.75, 3.05) is 27.4 Å². The molecule has 2 aromatic rings. The number of carbonyl (C=O) groups excluding carboxylic acids is 1. The van der Waals surface area contributed by atoms with Gasteiger partial charge in [-0.05, 0) is 46.6 Å². The van der Waals surface area contributed by atoms with E-state index in [9.17, 15) is 4.79 Å². The normalized spacial score (nSPS) is 10.6. The quantitative estimate of drug-likeness (QED) is 0.338. The van der Waals surface area contributed by atoms with Gasteiger partial charge < -0.3 is 24.4 Å². The molecule has 0 saturated carbocycles. The van der Waals surface area contributed by atoms with Crippen LogP contribution in [0.15, 0.2) is 46.0 Å². The molecule has 0 spiro atoms. The summed E-state index contributed by atoms with van der Waals surface area (Å²) in [6.45, 7) is 2.64. The van der Waals surface area contributed by atoms with Gasteiger partial charge in [0.05, 0.1) is 38.1 Å². The fourth-order valence-electron chi connectivity index (χ4n) is 2.36. The third-order valence-corrected chi connectivity index (χ3v) is 4.25. The van der Waals surface area contributed by atoms with Gasteiger partial charge in [0.1, 0.15) is 5.75 Å². The van der Waals surface area contributed by atoms with Crippen molar-refractivity contribution in [3.63, 3.8) is 0 Å². The Balaban J connectivity index is 2.08. The lowest BCUT2D eigenvalue weighted by Crippen LogP contribution is -2.13. The molecule has 28 heavy (non-hydrogen) atoms. The number of nitrogens with zero attached hydrogens (tertiary/aromatic N) is 1. The fourth-order valence-corrected chi connectivity index (χ4v) is 2.93. The summed E-state index contributed by atoms with van der Waals surface area (Å²) >= 11 is 3.45. The molecule has 1 N–H and O–H groups in total. The minimum absolute atomic E-state index is 0.205. The molecule has 0 amide bonds. The van der Waals surface area contributed by atoms with Crippen LogP contribution in [0.3, 0.4) is 0 Å². The van der Waals surface area contributed by atoms with Crippen LogP contribution in [0.25, 0.3) is 0 Å². The number of ether oxygens (including phenoxy) is 4. The van der Waals surface area contributed by atoms with Crippen molar-refractivity contribution in [1.82, 2.24) is 5.43 Å². The van der Waals surface area contributed by atoms with Gasteiger partial charge in [0.25, 0.3) is 0 Å².